The molecule has 0 aromatic heterocycles. The van der Waals surface area contributed by atoms with Crippen molar-refractivity contribution in [2.24, 2.45) is 0 Å². The molecule has 4 nitrogen and oxygen atoms in total. The number of anilines is 1. The third kappa shape index (κ3) is 2.66. The summed E-state index contributed by atoms with van der Waals surface area (Å²) in [6, 6.07) is 13.4. The van der Waals surface area contributed by atoms with E-state index in [2.05, 4.69) is 24.9 Å². The first-order chi connectivity index (χ1) is 11.9. The van der Waals surface area contributed by atoms with Gasteiger partial charge >= 0.3 is 0 Å². The van der Waals surface area contributed by atoms with Crippen molar-refractivity contribution in [1.82, 2.24) is 4.90 Å². The quantitative estimate of drug-likeness (QED) is 0.829. The van der Waals surface area contributed by atoms with Crippen LogP contribution in [0.25, 0.3) is 0 Å². The van der Waals surface area contributed by atoms with E-state index in [1.165, 1.54) is 11.1 Å². The van der Waals surface area contributed by atoms with Crippen molar-refractivity contribution in [2.75, 3.05) is 24.4 Å². The molecule has 0 unspecified atom stereocenters. The van der Waals surface area contributed by atoms with Crippen LogP contribution in [0, 0.1) is 13.8 Å². The Labute approximate surface area is 150 Å². The van der Waals surface area contributed by atoms with Crippen molar-refractivity contribution in [1.29, 1.82) is 0 Å². The molecule has 0 radical (unpaired) electrons. The number of fused-ring (bicyclic) bond motifs is 3. The van der Waals surface area contributed by atoms with Crippen molar-refractivity contribution >= 4 is 15.7 Å². The van der Waals surface area contributed by atoms with Gasteiger partial charge in [-0.3, -0.25) is 4.31 Å². The van der Waals surface area contributed by atoms with E-state index >= 15 is 0 Å². The van der Waals surface area contributed by atoms with Crippen LogP contribution in [0.1, 0.15) is 29.0 Å². The highest BCUT2D eigenvalue weighted by Gasteiger charge is 2.46. The lowest BCUT2D eigenvalue weighted by molar-refractivity contribution is 0.237. The van der Waals surface area contributed by atoms with Gasteiger partial charge in [0.2, 0.25) is 0 Å². The van der Waals surface area contributed by atoms with Gasteiger partial charge in [-0.15, -0.1) is 0 Å². The number of aryl methyl sites for hydroxylation is 2. The monoisotopic (exact) mass is 356 g/mol. The van der Waals surface area contributed by atoms with Crippen LogP contribution in [-0.4, -0.2) is 39.5 Å². The number of piperidine rings is 1. The van der Waals surface area contributed by atoms with Crippen LogP contribution in [0.15, 0.2) is 47.4 Å². The number of sulfonamides is 1. The molecule has 0 bridgehead atoms. The average Bonchev–Trinajstić information content (AvgIpc) is 2.88. The Morgan fingerprint density at radius 3 is 2.56 bits per heavy atom. The zero-order valence-electron chi connectivity index (χ0n) is 14.9. The van der Waals surface area contributed by atoms with Crippen LogP contribution in [0.4, 0.5) is 5.69 Å². The molecule has 2 aliphatic heterocycles. The number of hydrogen-bond acceptors (Lipinski definition) is 3. The van der Waals surface area contributed by atoms with Gasteiger partial charge in [0, 0.05) is 12.5 Å². The van der Waals surface area contributed by atoms with Gasteiger partial charge in [0.1, 0.15) is 0 Å². The van der Waals surface area contributed by atoms with E-state index in [-0.39, 0.29) is 12.0 Å². The van der Waals surface area contributed by atoms with Gasteiger partial charge in [0.25, 0.3) is 10.0 Å². The number of hydrogen-bond donors (Lipinski definition) is 0. The SMILES string of the molecule is Cc1cccc(S(=O)(=O)N2c3ccc(C)cc3[C@H]3CN(C)CC[C@@H]32)c1. The Morgan fingerprint density at radius 1 is 1.04 bits per heavy atom. The second-order valence-electron chi connectivity index (χ2n) is 7.40. The molecule has 2 atom stereocenters. The van der Waals surface area contributed by atoms with Crippen molar-refractivity contribution in [3.8, 4) is 0 Å². The topological polar surface area (TPSA) is 40.6 Å². The van der Waals surface area contributed by atoms with E-state index in [4.69, 9.17) is 0 Å². The summed E-state index contributed by atoms with van der Waals surface area (Å²) in [5.41, 5.74) is 4.18. The highest BCUT2D eigenvalue weighted by Crippen LogP contribution is 2.47. The Balaban J connectivity index is 1.87. The van der Waals surface area contributed by atoms with E-state index in [0.717, 1.165) is 30.8 Å². The fourth-order valence-electron chi connectivity index (χ4n) is 4.24. The third-order valence-corrected chi connectivity index (χ3v) is 7.28. The van der Waals surface area contributed by atoms with Gasteiger partial charge in [0.05, 0.1) is 16.6 Å². The van der Waals surface area contributed by atoms with E-state index in [9.17, 15) is 8.42 Å². The van der Waals surface area contributed by atoms with E-state index in [0.29, 0.717) is 4.90 Å². The zero-order valence-corrected chi connectivity index (χ0v) is 15.8. The molecule has 4 rings (SSSR count). The zero-order chi connectivity index (χ0) is 17.8. The maximum Gasteiger partial charge on any atom is 0.264 e. The first kappa shape index (κ1) is 16.6. The lowest BCUT2D eigenvalue weighted by Crippen LogP contribution is -2.47. The fourth-order valence-corrected chi connectivity index (χ4v) is 6.08. The standard InChI is InChI=1S/C20H24N2O2S/c1-14-5-4-6-16(11-14)25(23,24)22-19-8-7-15(2)12-17(19)18-13-21(3)10-9-20(18)22/h4-8,11-12,18,20H,9-10,13H2,1-3H3/t18-,20+/m1/s1. The highest BCUT2D eigenvalue weighted by atomic mass is 32.2. The first-order valence-corrected chi connectivity index (χ1v) is 10.2. The average molecular weight is 356 g/mol. The summed E-state index contributed by atoms with van der Waals surface area (Å²) in [7, 11) is -1.45. The smallest absolute Gasteiger partial charge is 0.264 e. The van der Waals surface area contributed by atoms with Gasteiger partial charge in [-0.2, -0.15) is 0 Å². The molecule has 1 fully saturated rings. The molecule has 0 saturated carbocycles. The summed E-state index contributed by atoms with van der Waals surface area (Å²) in [4.78, 5) is 2.69. The Bertz CT molecular complexity index is 923. The Hall–Kier alpha value is -1.85. The molecular formula is C20H24N2O2S. The molecule has 0 aliphatic carbocycles. The highest BCUT2D eigenvalue weighted by molar-refractivity contribution is 7.92. The molecule has 5 heteroatoms. The number of rotatable bonds is 2. The van der Waals surface area contributed by atoms with Crippen molar-refractivity contribution < 1.29 is 8.42 Å². The van der Waals surface area contributed by atoms with Crippen LogP contribution in [-0.2, 0) is 10.0 Å². The van der Waals surface area contributed by atoms with Crippen molar-refractivity contribution in [3.63, 3.8) is 0 Å². The maximum atomic E-state index is 13.5. The number of likely N-dealkylation sites (N-methyl/N-ethyl adjacent to an activating group) is 1. The minimum Gasteiger partial charge on any atom is -0.306 e. The molecule has 2 aromatic carbocycles. The Kier molecular flexibility index (Phi) is 3.89. The summed E-state index contributed by atoms with van der Waals surface area (Å²) < 4.78 is 28.7. The first-order valence-electron chi connectivity index (χ1n) is 8.78. The molecule has 0 amide bonds. The van der Waals surface area contributed by atoms with E-state index < -0.39 is 10.0 Å². The fraction of sp³-hybridized carbons (Fsp3) is 0.400. The molecule has 132 valence electrons. The summed E-state index contributed by atoms with van der Waals surface area (Å²) in [6.07, 6.45) is 0.861. The number of likely N-dealkylation sites (tertiary alicyclic amines) is 1. The molecule has 2 aromatic rings. The second kappa shape index (κ2) is 5.85. The van der Waals surface area contributed by atoms with Crippen molar-refractivity contribution in [2.45, 2.75) is 37.1 Å². The summed E-state index contributed by atoms with van der Waals surface area (Å²) >= 11 is 0. The van der Waals surface area contributed by atoms with Gasteiger partial charge in [-0.05, 0) is 63.2 Å². The lowest BCUT2D eigenvalue weighted by atomic mass is 9.89. The molecule has 2 heterocycles. The van der Waals surface area contributed by atoms with Gasteiger partial charge in [0.15, 0.2) is 0 Å². The predicted molar refractivity (Wildman–Crippen MR) is 101 cm³/mol. The molecule has 1 saturated heterocycles. The third-order valence-electron chi connectivity index (χ3n) is 5.45. The molecule has 25 heavy (non-hydrogen) atoms. The van der Waals surface area contributed by atoms with Crippen molar-refractivity contribution in [3.05, 3.63) is 59.2 Å². The van der Waals surface area contributed by atoms with E-state index in [1.54, 1.807) is 16.4 Å². The van der Waals surface area contributed by atoms with Crippen LogP contribution in [0.5, 0.6) is 0 Å². The minimum absolute atomic E-state index is 0.0125. The summed E-state index contributed by atoms with van der Waals surface area (Å²) in [5.74, 6) is 0.244. The van der Waals surface area contributed by atoms with Gasteiger partial charge in [-0.1, -0.05) is 29.8 Å². The molecule has 2 aliphatic rings. The summed E-state index contributed by atoms with van der Waals surface area (Å²) in [5, 5.41) is 0. The second-order valence-corrected chi connectivity index (χ2v) is 9.22. The van der Waals surface area contributed by atoms with E-state index in [1.807, 2.05) is 31.2 Å². The normalized spacial score (nSPS) is 23.4. The van der Waals surface area contributed by atoms with Crippen LogP contribution in [0.2, 0.25) is 0 Å². The maximum absolute atomic E-state index is 13.5. The minimum atomic E-state index is -3.56. The largest absolute Gasteiger partial charge is 0.306 e. The lowest BCUT2D eigenvalue weighted by Gasteiger charge is -2.36. The van der Waals surface area contributed by atoms with Crippen LogP contribution in [0.3, 0.4) is 0 Å². The molecule has 0 spiro atoms. The van der Waals surface area contributed by atoms with Gasteiger partial charge in [-0.25, -0.2) is 8.42 Å². The van der Waals surface area contributed by atoms with Crippen LogP contribution >= 0.6 is 0 Å². The van der Waals surface area contributed by atoms with Crippen LogP contribution < -0.4 is 4.31 Å². The predicted octanol–water partition coefficient (Wildman–Crippen LogP) is 3.30. The Morgan fingerprint density at radius 2 is 1.80 bits per heavy atom. The number of nitrogens with zero attached hydrogens (tertiary/aromatic N) is 2. The van der Waals surface area contributed by atoms with Gasteiger partial charge < -0.3 is 4.90 Å². The molecule has 0 N–H and O–H groups in total. The summed E-state index contributed by atoms with van der Waals surface area (Å²) in [6.45, 7) is 5.83. The molecular weight excluding hydrogens is 332 g/mol. The number of benzene rings is 2.